The molecule has 0 saturated carbocycles. The summed E-state index contributed by atoms with van der Waals surface area (Å²) in [5, 5.41) is 2.93. The number of hydrogen-bond acceptors (Lipinski definition) is 5. The lowest BCUT2D eigenvalue weighted by atomic mass is 9.79. The second-order valence-electron chi connectivity index (χ2n) is 15.2. The van der Waals surface area contributed by atoms with Crippen molar-refractivity contribution < 1.29 is 23.8 Å². The van der Waals surface area contributed by atoms with E-state index in [-0.39, 0.29) is 12.5 Å². The highest BCUT2D eigenvalue weighted by atomic mass is 16.6. The number of nitrogens with one attached hydrogen (secondary N) is 1. The Morgan fingerprint density at radius 1 is 0.559 bits per heavy atom. The minimum atomic E-state index is -1.29. The lowest BCUT2D eigenvalue weighted by Crippen LogP contribution is -2.52. The minimum absolute atomic E-state index is 0.0776. The van der Waals surface area contributed by atoms with E-state index in [2.05, 4.69) is 29.6 Å². The van der Waals surface area contributed by atoms with Crippen LogP contribution in [0.4, 0.5) is 4.79 Å². The number of hydrogen-bond donors (Lipinski definition) is 1. The molecule has 7 aromatic rings. The average Bonchev–Trinajstić information content (AvgIpc) is 3.60. The number of benzene rings is 7. The second-order valence-corrected chi connectivity index (χ2v) is 15.2. The van der Waals surface area contributed by atoms with Crippen LogP contribution in [0.2, 0.25) is 0 Å². The Hall–Kier alpha value is -6.76. The van der Waals surface area contributed by atoms with Gasteiger partial charge in [-0.3, -0.25) is 0 Å². The predicted molar refractivity (Wildman–Crippen MR) is 232 cm³/mol. The number of carbonyl (C=O) groups is 2. The fourth-order valence-corrected chi connectivity index (χ4v) is 8.21. The molecule has 0 unspecified atom stereocenters. The lowest BCUT2D eigenvalue weighted by Gasteiger charge is -2.40. The summed E-state index contributed by atoms with van der Waals surface area (Å²) in [5.41, 5.74) is 9.57. The molecule has 294 valence electrons. The molecule has 0 saturated heterocycles. The largest absolute Gasteiger partial charge is 0.451 e. The summed E-state index contributed by atoms with van der Waals surface area (Å²) < 4.78 is 19.8. The molecular weight excluding hydrogens is 731 g/mol. The van der Waals surface area contributed by atoms with Gasteiger partial charge in [-0.25, -0.2) is 9.59 Å². The number of ether oxygens (including phenoxy) is 3. The van der Waals surface area contributed by atoms with Gasteiger partial charge in [-0.05, 0) is 70.8 Å². The molecule has 0 bridgehead atoms. The number of amides is 1. The van der Waals surface area contributed by atoms with Gasteiger partial charge in [0.15, 0.2) is 12.1 Å². The van der Waals surface area contributed by atoms with Gasteiger partial charge in [-0.1, -0.05) is 199 Å². The smallest absolute Gasteiger partial charge is 0.407 e. The monoisotopic (exact) mass is 777 g/mol. The maximum atomic E-state index is 14.9. The van der Waals surface area contributed by atoms with Crippen molar-refractivity contribution in [2.75, 3.05) is 6.61 Å². The molecule has 8 rings (SSSR count). The van der Waals surface area contributed by atoms with Crippen molar-refractivity contribution in [3.63, 3.8) is 0 Å². The molecule has 6 heteroatoms. The quantitative estimate of drug-likeness (QED) is 0.0932. The van der Waals surface area contributed by atoms with E-state index in [9.17, 15) is 9.59 Å². The maximum Gasteiger partial charge on any atom is 0.407 e. The van der Waals surface area contributed by atoms with Gasteiger partial charge in [0.05, 0.1) is 6.10 Å². The molecule has 0 aromatic heterocycles. The van der Waals surface area contributed by atoms with Crippen LogP contribution in [-0.4, -0.2) is 30.8 Å². The van der Waals surface area contributed by atoms with Crippen molar-refractivity contribution in [2.24, 2.45) is 0 Å². The van der Waals surface area contributed by atoms with Gasteiger partial charge in [0, 0.05) is 5.92 Å². The Morgan fingerprint density at radius 2 is 0.966 bits per heavy atom. The van der Waals surface area contributed by atoms with Crippen LogP contribution in [0.25, 0.3) is 11.1 Å². The molecule has 2 atom stereocenters. The van der Waals surface area contributed by atoms with Gasteiger partial charge in [0.1, 0.15) is 12.2 Å². The van der Waals surface area contributed by atoms with Crippen molar-refractivity contribution >= 4 is 12.1 Å². The summed E-state index contributed by atoms with van der Waals surface area (Å²) in [7, 11) is 0. The SMILES string of the molecule is Cc1ccc(C(OC(=O)[C@H](NC(=O)OCC2c3ccccc3-c3ccccc32)[C@H](C)OC(c2ccccc2)(c2ccccc2)c2ccccc2)c2ccc(C)cc2)cc1. The molecule has 1 N–H and O–H groups in total. The van der Waals surface area contributed by atoms with Gasteiger partial charge in [-0.2, -0.15) is 0 Å². The first-order valence-corrected chi connectivity index (χ1v) is 20.1. The van der Waals surface area contributed by atoms with Crippen LogP contribution in [0, 0.1) is 13.8 Å². The number of fused-ring (bicyclic) bond motifs is 3. The number of carbonyl (C=O) groups excluding carboxylic acids is 2. The van der Waals surface area contributed by atoms with E-state index < -0.39 is 35.9 Å². The molecule has 1 aliphatic rings. The van der Waals surface area contributed by atoms with Crippen LogP contribution >= 0.6 is 0 Å². The Bertz CT molecular complexity index is 2320. The lowest BCUT2D eigenvalue weighted by molar-refractivity contribution is -0.157. The normalized spacial score (nSPS) is 13.2. The van der Waals surface area contributed by atoms with E-state index in [1.807, 2.05) is 178 Å². The minimum Gasteiger partial charge on any atom is -0.451 e. The van der Waals surface area contributed by atoms with Crippen LogP contribution in [0.1, 0.15) is 69.0 Å². The summed E-state index contributed by atoms with van der Waals surface area (Å²) in [6.45, 7) is 5.91. The summed E-state index contributed by atoms with van der Waals surface area (Å²) in [5.74, 6) is -0.832. The van der Waals surface area contributed by atoms with Gasteiger partial charge in [0.25, 0.3) is 0 Å². The van der Waals surface area contributed by atoms with Gasteiger partial charge < -0.3 is 19.5 Å². The number of esters is 1. The molecule has 59 heavy (non-hydrogen) atoms. The van der Waals surface area contributed by atoms with Crippen molar-refractivity contribution in [3.8, 4) is 11.1 Å². The van der Waals surface area contributed by atoms with Crippen molar-refractivity contribution in [1.82, 2.24) is 5.32 Å². The topological polar surface area (TPSA) is 73.9 Å². The molecule has 7 aromatic carbocycles. The van der Waals surface area contributed by atoms with Crippen molar-refractivity contribution in [1.29, 1.82) is 0 Å². The maximum absolute atomic E-state index is 14.9. The second kappa shape index (κ2) is 17.4. The molecule has 0 heterocycles. The Labute approximate surface area is 346 Å². The van der Waals surface area contributed by atoms with E-state index in [0.717, 1.165) is 61.2 Å². The molecule has 0 radical (unpaired) electrons. The first kappa shape index (κ1) is 39.1. The van der Waals surface area contributed by atoms with E-state index in [1.54, 1.807) is 6.92 Å². The third kappa shape index (κ3) is 8.18. The number of alkyl carbamates (subject to hydrolysis) is 1. The zero-order chi connectivity index (χ0) is 40.8. The summed E-state index contributed by atoms with van der Waals surface area (Å²) in [6, 6.07) is 60.7. The van der Waals surface area contributed by atoms with Crippen LogP contribution < -0.4 is 5.32 Å². The van der Waals surface area contributed by atoms with E-state index in [1.165, 1.54) is 0 Å². The zero-order valence-electron chi connectivity index (χ0n) is 33.5. The van der Waals surface area contributed by atoms with Crippen LogP contribution in [0.15, 0.2) is 188 Å². The predicted octanol–water partition coefficient (Wildman–Crippen LogP) is 11.2. The van der Waals surface area contributed by atoms with Crippen molar-refractivity contribution in [3.05, 3.63) is 238 Å². The number of rotatable bonds is 13. The van der Waals surface area contributed by atoms with Crippen LogP contribution in [-0.2, 0) is 24.6 Å². The van der Waals surface area contributed by atoms with Crippen LogP contribution in [0.3, 0.4) is 0 Å². The fraction of sp³-hybridized carbons (Fsp3) is 0.170. The highest BCUT2D eigenvalue weighted by Gasteiger charge is 2.43. The average molecular weight is 778 g/mol. The standard InChI is InChI=1S/C53H47NO5/c1-36-27-31-39(32-28-36)50(40-33-29-37(2)30-34-40)58-51(55)49(54-52(56)57-35-48-46-25-15-13-23-44(46)45-24-14-16-26-47(45)48)38(3)59-53(41-17-7-4-8-18-41,42-19-9-5-10-20-42)43-21-11-6-12-22-43/h4-34,38,48-50H,35H2,1-3H3,(H,54,56)/t38-,49+/m0/s1. The van der Waals surface area contributed by atoms with Crippen LogP contribution in [0.5, 0.6) is 0 Å². The molecule has 1 amide bonds. The molecule has 0 fully saturated rings. The van der Waals surface area contributed by atoms with Crippen molar-refractivity contribution in [2.45, 2.75) is 50.5 Å². The summed E-state index contributed by atoms with van der Waals surface area (Å²) in [4.78, 5) is 29.0. The summed E-state index contributed by atoms with van der Waals surface area (Å²) >= 11 is 0. The number of aryl methyl sites for hydroxylation is 2. The van der Waals surface area contributed by atoms with E-state index in [0.29, 0.717) is 0 Å². The molecule has 0 aliphatic heterocycles. The Kier molecular flexibility index (Phi) is 11.5. The van der Waals surface area contributed by atoms with Gasteiger partial charge in [-0.15, -0.1) is 0 Å². The highest BCUT2D eigenvalue weighted by molar-refractivity contribution is 5.83. The summed E-state index contributed by atoms with van der Waals surface area (Å²) in [6.07, 6.45) is -2.46. The van der Waals surface area contributed by atoms with E-state index >= 15 is 0 Å². The molecule has 0 spiro atoms. The fourth-order valence-electron chi connectivity index (χ4n) is 8.21. The zero-order valence-corrected chi connectivity index (χ0v) is 33.5. The van der Waals surface area contributed by atoms with Gasteiger partial charge >= 0.3 is 12.1 Å². The molecular formula is C53H47NO5. The molecule has 6 nitrogen and oxygen atoms in total. The Morgan fingerprint density at radius 3 is 1.41 bits per heavy atom. The third-order valence-corrected chi connectivity index (χ3v) is 11.2. The first-order valence-electron chi connectivity index (χ1n) is 20.1. The highest BCUT2D eigenvalue weighted by Crippen LogP contribution is 2.45. The van der Waals surface area contributed by atoms with E-state index in [4.69, 9.17) is 14.2 Å². The third-order valence-electron chi connectivity index (χ3n) is 11.2. The van der Waals surface area contributed by atoms with Gasteiger partial charge in [0.2, 0.25) is 0 Å². The molecule has 1 aliphatic carbocycles. The Balaban J connectivity index is 1.16. The first-order chi connectivity index (χ1) is 28.8.